The molecule has 0 aromatic heterocycles. The zero-order valence-corrected chi connectivity index (χ0v) is 11.4. The molecule has 0 heterocycles. The Morgan fingerprint density at radius 2 is 2.12 bits per heavy atom. The topological polar surface area (TPSA) is 12.0 Å². The Balaban J connectivity index is 2.04. The van der Waals surface area contributed by atoms with Crippen LogP contribution in [-0.4, -0.2) is 13.1 Å². The third kappa shape index (κ3) is 3.32. The van der Waals surface area contributed by atoms with Crippen LogP contribution in [-0.2, 0) is 6.42 Å². The van der Waals surface area contributed by atoms with Gasteiger partial charge in [0.15, 0.2) is 0 Å². The predicted octanol–water partition coefficient (Wildman–Crippen LogP) is 3.56. The van der Waals surface area contributed by atoms with Gasteiger partial charge in [0.05, 0.1) is 0 Å². The second kappa shape index (κ2) is 5.68. The summed E-state index contributed by atoms with van der Waals surface area (Å²) in [4.78, 5) is 0. The summed E-state index contributed by atoms with van der Waals surface area (Å²) in [6, 6.07) is 9.70. The van der Waals surface area contributed by atoms with Crippen molar-refractivity contribution in [1.82, 2.24) is 5.32 Å². The molecule has 2 rings (SSSR count). The molecule has 1 aromatic rings. The van der Waals surface area contributed by atoms with Gasteiger partial charge in [0.25, 0.3) is 0 Å². The van der Waals surface area contributed by atoms with E-state index in [2.05, 4.69) is 50.5 Å². The Bertz CT molecular complexity index is 358. The van der Waals surface area contributed by atoms with Gasteiger partial charge in [-0.2, -0.15) is 0 Å². The van der Waals surface area contributed by atoms with Crippen LogP contribution in [0.4, 0.5) is 0 Å². The number of nitrogens with one attached hydrogen (secondary N) is 1. The quantitative estimate of drug-likeness (QED) is 0.838. The van der Waals surface area contributed by atoms with Gasteiger partial charge in [-0.25, -0.2) is 0 Å². The van der Waals surface area contributed by atoms with Crippen molar-refractivity contribution in [3.63, 3.8) is 0 Å². The predicted molar refractivity (Wildman–Crippen MR) is 74.2 cm³/mol. The highest BCUT2D eigenvalue weighted by atomic mass is 14.9. The summed E-state index contributed by atoms with van der Waals surface area (Å²) in [6.45, 7) is 4.58. The molecule has 1 aromatic carbocycles. The summed E-state index contributed by atoms with van der Waals surface area (Å²) in [5, 5.41) is 3.51. The third-order valence-electron chi connectivity index (χ3n) is 4.20. The molecule has 3 atom stereocenters. The van der Waals surface area contributed by atoms with E-state index in [1.165, 1.54) is 36.8 Å². The van der Waals surface area contributed by atoms with E-state index in [9.17, 15) is 0 Å². The molecule has 0 bridgehead atoms. The van der Waals surface area contributed by atoms with E-state index in [0.29, 0.717) is 6.04 Å². The van der Waals surface area contributed by atoms with Gasteiger partial charge in [-0.05, 0) is 57.1 Å². The highest BCUT2D eigenvalue weighted by Gasteiger charge is 2.27. The van der Waals surface area contributed by atoms with Crippen molar-refractivity contribution in [2.75, 3.05) is 7.05 Å². The maximum absolute atomic E-state index is 3.51. The highest BCUT2D eigenvalue weighted by Crippen LogP contribution is 2.31. The summed E-state index contributed by atoms with van der Waals surface area (Å²) in [6.07, 6.45) is 5.33. The van der Waals surface area contributed by atoms with Crippen LogP contribution in [0.15, 0.2) is 24.3 Å². The lowest BCUT2D eigenvalue weighted by Crippen LogP contribution is -2.39. The minimum absolute atomic E-state index is 0.715. The summed E-state index contributed by atoms with van der Waals surface area (Å²) >= 11 is 0. The Hall–Kier alpha value is -0.820. The average molecular weight is 231 g/mol. The Morgan fingerprint density at radius 3 is 2.82 bits per heavy atom. The summed E-state index contributed by atoms with van der Waals surface area (Å²) < 4.78 is 0. The standard InChI is InChI=1S/C16H25N/c1-12-5-4-6-14(9-12)11-15-10-13(2)7-8-16(15)17-3/h4-6,9,13,15-17H,7-8,10-11H2,1-3H3. The van der Waals surface area contributed by atoms with Gasteiger partial charge in [-0.1, -0.05) is 36.8 Å². The van der Waals surface area contributed by atoms with Crippen molar-refractivity contribution in [3.8, 4) is 0 Å². The minimum atomic E-state index is 0.715. The lowest BCUT2D eigenvalue weighted by Gasteiger charge is -2.35. The van der Waals surface area contributed by atoms with E-state index in [-0.39, 0.29) is 0 Å². The fraction of sp³-hybridized carbons (Fsp3) is 0.625. The van der Waals surface area contributed by atoms with Crippen LogP contribution in [0, 0.1) is 18.8 Å². The summed E-state index contributed by atoms with van der Waals surface area (Å²) in [7, 11) is 2.11. The first-order chi connectivity index (χ1) is 8.19. The average Bonchev–Trinajstić information content (AvgIpc) is 2.29. The van der Waals surface area contributed by atoms with Crippen molar-refractivity contribution in [2.24, 2.45) is 11.8 Å². The van der Waals surface area contributed by atoms with Gasteiger partial charge in [0.2, 0.25) is 0 Å². The summed E-state index contributed by atoms with van der Waals surface area (Å²) in [5.74, 6) is 1.71. The third-order valence-corrected chi connectivity index (χ3v) is 4.20. The molecule has 3 unspecified atom stereocenters. The lowest BCUT2D eigenvalue weighted by atomic mass is 9.76. The first-order valence-electron chi connectivity index (χ1n) is 6.92. The maximum Gasteiger partial charge on any atom is 0.00957 e. The Kier molecular flexibility index (Phi) is 4.22. The van der Waals surface area contributed by atoms with Crippen LogP contribution in [0.5, 0.6) is 0 Å². The number of hydrogen-bond acceptors (Lipinski definition) is 1. The van der Waals surface area contributed by atoms with E-state index in [1.54, 1.807) is 0 Å². The second-order valence-electron chi connectivity index (χ2n) is 5.77. The molecule has 1 nitrogen and oxygen atoms in total. The number of hydrogen-bond donors (Lipinski definition) is 1. The molecule has 17 heavy (non-hydrogen) atoms. The van der Waals surface area contributed by atoms with Crippen molar-refractivity contribution < 1.29 is 0 Å². The van der Waals surface area contributed by atoms with Crippen LogP contribution in [0.1, 0.15) is 37.3 Å². The number of aryl methyl sites for hydroxylation is 1. The molecule has 1 N–H and O–H groups in total. The molecule has 0 saturated heterocycles. The maximum atomic E-state index is 3.51. The molecule has 1 aliphatic carbocycles. The van der Waals surface area contributed by atoms with Gasteiger partial charge in [0, 0.05) is 6.04 Å². The molecule has 1 aliphatic rings. The first-order valence-corrected chi connectivity index (χ1v) is 6.92. The van der Waals surface area contributed by atoms with E-state index < -0.39 is 0 Å². The normalized spacial score (nSPS) is 29.2. The summed E-state index contributed by atoms with van der Waals surface area (Å²) in [5.41, 5.74) is 2.89. The van der Waals surface area contributed by atoms with Crippen LogP contribution >= 0.6 is 0 Å². The molecule has 0 spiro atoms. The Labute approximate surface area is 106 Å². The molecule has 94 valence electrons. The number of rotatable bonds is 3. The molecule has 1 heteroatoms. The largest absolute Gasteiger partial charge is 0.317 e. The molecular weight excluding hydrogens is 206 g/mol. The first kappa shape index (κ1) is 12.6. The fourth-order valence-corrected chi connectivity index (χ4v) is 3.25. The monoisotopic (exact) mass is 231 g/mol. The zero-order chi connectivity index (χ0) is 12.3. The van der Waals surface area contributed by atoms with E-state index >= 15 is 0 Å². The molecular formula is C16H25N. The van der Waals surface area contributed by atoms with Gasteiger partial charge in [-0.15, -0.1) is 0 Å². The van der Waals surface area contributed by atoms with Gasteiger partial charge in [0.1, 0.15) is 0 Å². The highest BCUT2D eigenvalue weighted by molar-refractivity contribution is 5.22. The second-order valence-corrected chi connectivity index (χ2v) is 5.77. The minimum Gasteiger partial charge on any atom is -0.317 e. The van der Waals surface area contributed by atoms with Crippen LogP contribution in [0.2, 0.25) is 0 Å². The zero-order valence-electron chi connectivity index (χ0n) is 11.4. The molecule has 0 radical (unpaired) electrons. The fourth-order valence-electron chi connectivity index (χ4n) is 3.25. The Morgan fingerprint density at radius 1 is 1.29 bits per heavy atom. The molecule has 1 fully saturated rings. The molecule has 1 saturated carbocycles. The van der Waals surface area contributed by atoms with Gasteiger partial charge >= 0.3 is 0 Å². The van der Waals surface area contributed by atoms with Gasteiger partial charge < -0.3 is 5.32 Å². The molecule has 0 amide bonds. The van der Waals surface area contributed by atoms with Crippen molar-refractivity contribution >= 4 is 0 Å². The van der Waals surface area contributed by atoms with Crippen molar-refractivity contribution in [1.29, 1.82) is 0 Å². The van der Waals surface area contributed by atoms with E-state index in [1.807, 2.05) is 0 Å². The van der Waals surface area contributed by atoms with Crippen LogP contribution < -0.4 is 5.32 Å². The van der Waals surface area contributed by atoms with E-state index in [4.69, 9.17) is 0 Å². The van der Waals surface area contributed by atoms with Crippen molar-refractivity contribution in [2.45, 2.75) is 45.6 Å². The lowest BCUT2D eigenvalue weighted by molar-refractivity contribution is 0.220. The molecule has 0 aliphatic heterocycles. The van der Waals surface area contributed by atoms with E-state index in [0.717, 1.165) is 11.8 Å². The van der Waals surface area contributed by atoms with Crippen molar-refractivity contribution in [3.05, 3.63) is 35.4 Å². The SMILES string of the molecule is CNC1CCC(C)CC1Cc1cccc(C)c1. The van der Waals surface area contributed by atoms with Crippen LogP contribution in [0.3, 0.4) is 0 Å². The van der Waals surface area contributed by atoms with Crippen LogP contribution in [0.25, 0.3) is 0 Å². The van der Waals surface area contributed by atoms with Gasteiger partial charge in [-0.3, -0.25) is 0 Å². The number of benzene rings is 1. The smallest absolute Gasteiger partial charge is 0.00957 e.